The molecular formula is C20H23F3N4O. The summed E-state index contributed by atoms with van der Waals surface area (Å²) in [6.07, 6.45) is -3.76. The van der Waals surface area contributed by atoms with Gasteiger partial charge in [-0.3, -0.25) is 9.79 Å². The molecule has 1 amide bonds. The van der Waals surface area contributed by atoms with Crippen molar-refractivity contribution in [3.8, 4) is 0 Å². The monoisotopic (exact) mass is 392 g/mol. The van der Waals surface area contributed by atoms with Gasteiger partial charge in [-0.1, -0.05) is 30.3 Å². The van der Waals surface area contributed by atoms with E-state index in [1.807, 2.05) is 6.07 Å². The summed E-state index contributed by atoms with van der Waals surface area (Å²) in [5.74, 6) is 0.411. The van der Waals surface area contributed by atoms with E-state index in [1.165, 1.54) is 12.1 Å². The summed E-state index contributed by atoms with van der Waals surface area (Å²) in [7, 11) is 1.62. The quantitative estimate of drug-likeness (QED) is 0.386. The van der Waals surface area contributed by atoms with E-state index in [4.69, 9.17) is 0 Å². The van der Waals surface area contributed by atoms with Gasteiger partial charge in [-0.05, 0) is 36.2 Å². The Kier molecular flexibility index (Phi) is 7.86. The largest absolute Gasteiger partial charge is 0.416 e. The molecular weight excluding hydrogens is 369 g/mol. The van der Waals surface area contributed by atoms with Gasteiger partial charge < -0.3 is 16.0 Å². The Morgan fingerprint density at radius 2 is 1.50 bits per heavy atom. The summed E-state index contributed by atoms with van der Waals surface area (Å²) in [4.78, 5) is 16.0. The summed E-state index contributed by atoms with van der Waals surface area (Å²) in [5, 5.41) is 8.96. The number of benzene rings is 2. The standard InChI is InChI=1S/C20H23F3N4O/c1-24-19(27-14-13-25-18(28)16-5-3-2-4-6-16)26-12-11-15-7-9-17(10-8-15)20(21,22)23/h2-10H,11-14H2,1H3,(H,25,28)(H2,24,26,27). The van der Waals surface area contributed by atoms with Gasteiger partial charge in [0.15, 0.2) is 5.96 Å². The van der Waals surface area contributed by atoms with Gasteiger partial charge in [-0.15, -0.1) is 0 Å². The number of hydrogen-bond donors (Lipinski definition) is 3. The molecule has 28 heavy (non-hydrogen) atoms. The topological polar surface area (TPSA) is 65.5 Å². The van der Waals surface area contributed by atoms with Gasteiger partial charge in [0.2, 0.25) is 0 Å². The molecule has 5 nitrogen and oxygen atoms in total. The average Bonchev–Trinajstić information content (AvgIpc) is 2.70. The third-order valence-corrected chi connectivity index (χ3v) is 3.95. The molecule has 2 aromatic carbocycles. The van der Waals surface area contributed by atoms with Crippen LogP contribution >= 0.6 is 0 Å². The first-order chi connectivity index (χ1) is 13.4. The van der Waals surface area contributed by atoms with Crippen LogP contribution in [0.2, 0.25) is 0 Å². The Hall–Kier alpha value is -3.03. The molecule has 0 saturated carbocycles. The number of alkyl halides is 3. The lowest BCUT2D eigenvalue weighted by Crippen LogP contribution is -2.42. The lowest BCUT2D eigenvalue weighted by Gasteiger charge is -2.13. The number of carbonyl (C=O) groups is 1. The summed E-state index contributed by atoms with van der Waals surface area (Å²) in [6.45, 7) is 1.42. The van der Waals surface area contributed by atoms with Crippen LogP contribution < -0.4 is 16.0 Å². The normalized spacial score (nSPS) is 11.8. The first kappa shape index (κ1) is 21.3. The molecule has 0 aliphatic rings. The molecule has 3 N–H and O–H groups in total. The van der Waals surface area contributed by atoms with Crippen molar-refractivity contribution in [3.05, 3.63) is 71.3 Å². The van der Waals surface area contributed by atoms with Crippen molar-refractivity contribution >= 4 is 11.9 Å². The predicted octanol–water partition coefficient (Wildman–Crippen LogP) is 2.84. The van der Waals surface area contributed by atoms with Crippen LogP contribution in [0.4, 0.5) is 13.2 Å². The molecule has 0 aliphatic heterocycles. The average molecular weight is 392 g/mol. The highest BCUT2D eigenvalue weighted by molar-refractivity contribution is 5.94. The fourth-order valence-corrected chi connectivity index (χ4v) is 2.45. The second-order valence-corrected chi connectivity index (χ2v) is 5.99. The van der Waals surface area contributed by atoms with E-state index in [-0.39, 0.29) is 5.91 Å². The molecule has 0 aromatic heterocycles. The van der Waals surface area contributed by atoms with Gasteiger partial charge in [-0.2, -0.15) is 13.2 Å². The fraction of sp³-hybridized carbons (Fsp3) is 0.300. The predicted molar refractivity (Wildman–Crippen MR) is 103 cm³/mol. The van der Waals surface area contributed by atoms with Crippen molar-refractivity contribution in [2.24, 2.45) is 4.99 Å². The zero-order valence-electron chi connectivity index (χ0n) is 15.5. The molecule has 0 aliphatic carbocycles. The van der Waals surface area contributed by atoms with E-state index in [0.717, 1.165) is 17.7 Å². The highest BCUT2D eigenvalue weighted by atomic mass is 19.4. The molecule has 0 saturated heterocycles. The Balaban J connectivity index is 1.67. The van der Waals surface area contributed by atoms with Crippen molar-refractivity contribution in [1.29, 1.82) is 0 Å². The first-order valence-electron chi connectivity index (χ1n) is 8.84. The minimum Gasteiger partial charge on any atom is -0.356 e. The number of halogens is 3. The SMILES string of the molecule is CN=C(NCCNC(=O)c1ccccc1)NCCc1ccc(C(F)(F)F)cc1. The van der Waals surface area contributed by atoms with E-state index in [2.05, 4.69) is 20.9 Å². The number of nitrogens with zero attached hydrogens (tertiary/aromatic N) is 1. The van der Waals surface area contributed by atoms with Gasteiger partial charge in [0, 0.05) is 32.2 Å². The number of nitrogens with one attached hydrogen (secondary N) is 3. The molecule has 0 heterocycles. The van der Waals surface area contributed by atoms with Crippen molar-refractivity contribution in [1.82, 2.24) is 16.0 Å². The summed E-state index contributed by atoms with van der Waals surface area (Å²) >= 11 is 0. The van der Waals surface area contributed by atoms with Gasteiger partial charge in [0.1, 0.15) is 0 Å². The van der Waals surface area contributed by atoms with E-state index in [9.17, 15) is 18.0 Å². The Labute approximate surface area is 162 Å². The van der Waals surface area contributed by atoms with Crippen molar-refractivity contribution in [2.45, 2.75) is 12.6 Å². The highest BCUT2D eigenvalue weighted by Gasteiger charge is 2.29. The smallest absolute Gasteiger partial charge is 0.356 e. The van der Waals surface area contributed by atoms with Gasteiger partial charge in [-0.25, -0.2) is 0 Å². The summed E-state index contributed by atoms with van der Waals surface area (Å²) < 4.78 is 37.7. The Morgan fingerprint density at radius 3 is 2.11 bits per heavy atom. The highest BCUT2D eigenvalue weighted by Crippen LogP contribution is 2.29. The van der Waals surface area contributed by atoms with Crippen LogP contribution in [0.25, 0.3) is 0 Å². The molecule has 2 rings (SSSR count). The summed E-state index contributed by atoms with van der Waals surface area (Å²) in [5.41, 5.74) is 0.742. The Morgan fingerprint density at radius 1 is 0.893 bits per heavy atom. The minimum absolute atomic E-state index is 0.146. The zero-order chi connectivity index (χ0) is 20.4. The molecule has 0 radical (unpaired) electrons. The van der Waals surface area contributed by atoms with Gasteiger partial charge in [0.25, 0.3) is 5.91 Å². The zero-order valence-corrected chi connectivity index (χ0v) is 15.5. The second-order valence-electron chi connectivity index (χ2n) is 5.99. The Bertz CT molecular complexity index is 774. The van der Waals surface area contributed by atoms with Crippen LogP contribution in [0, 0.1) is 0 Å². The van der Waals surface area contributed by atoms with Gasteiger partial charge >= 0.3 is 6.18 Å². The van der Waals surface area contributed by atoms with Crippen LogP contribution in [0.15, 0.2) is 59.6 Å². The van der Waals surface area contributed by atoms with Crippen molar-refractivity contribution in [2.75, 3.05) is 26.7 Å². The number of guanidine groups is 1. The van der Waals surface area contributed by atoms with E-state index in [0.29, 0.717) is 37.6 Å². The molecule has 8 heteroatoms. The van der Waals surface area contributed by atoms with Crippen LogP contribution in [-0.2, 0) is 12.6 Å². The maximum absolute atomic E-state index is 12.6. The lowest BCUT2D eigenvalue weighted by atomic mass is 10.1. The summed E-state index contributed by atoms with van der Waals surface area (Å²) in [6, 6.07) is 14.0. The first-order valence-corrected chi connectivity index (χ1v) is 8.84. The molecule has 0 spiro atoms. The maximum atomic E-state index is 12.6. The number of rotatable bonds is 7. The van der Waals surface area contributed by atoms with Crippen LogP contribution in [-0.4, -0.2) is 38.5 Å². The third kappa shape index (κ3) is 6.94. The van der Waals surface area contributed by atoms with Crippen molar-refractivity contribution < 1.29 is 18.0 Å². The van der Waals surface area contributed by atoms with Crippen LogP contribution in [0.5, 0.6) is 0 Å². The van der Waals surface area contributed by atoms with E-state index >= 15 is 0 Å². The molecule has 0 unspecified atom stereocenters. The fourth-order valence-electron chi connectivity index (χ4n) is 2.45. The van der Waals surface area contributed by atoms with Crippen LogP contribution in [0.3, 0.4) is 0 Å². The number of hydrogen-bond acceptors (Lipinski definition) is 2. The third-order valence-electron chi connectivity index (χ3n) is 3.95. The van der Waals surface area contributed by atoms with E-state index < -0.39 is 11.7 Å². The molecule has 2 aromatic rings. The molecule has 0 fully saturated rings. The van der Waals surface area contributed by atoms with E-state index in [1.54, 1.807) is 31.3 Å². The lowest BCUT2D eigenvalue weighted by molar-refractivity contribution is -0.137. The van der Waals surface area contributed by atoms with Crippen molar-refractivity contribution in [3.63, 3.8) is 0 Å². The number of aliphatic imine (C=N–C) groups is 1. The maximum Gasteiger partial charge on any atom is 0.416 e. The number of carbonyl (C=O) groups excluding carboxylic acids is 1. The van der Waals surface area contributed by atoms with Crippen LogP contribution in [0.1, 0.15) is 21.5 Å². The molecule has 0 bridgehead atoms. The number of amides is 1. The molecule has 0 atom stereocenters. The van der Waals surface area contributed by atoms with Gasteiger partial charge in [0.05, 0.1) is 5.56 Å². The molecule has 150 valence electrons. The second kappa shape index (κ2) is 10.3. The minimum atomic E-state index is -4.32.